The third-order valence-electron chi connectivity index (χ3n) is 4.76. The molecule has 148 valence electrons. The van der Waals surface area contributed by atoms with Crippen LogP contribution in [-0.2, 0) is 11.2 Å². The Morgan fingerprint density at radius 3 is 2.70 bits per heavy atom. The second-order valence-electron chi connectivity index (χ2n) is 6.98. The summed E-state index contributed by atoms with van der Waals surface area (Å²) < 4.78 is 0. The highest BCUT2D eigenvalue weighted by Gasteiger charge is 2.25. The number of unbranched alkanes of at least 4 members (excludes halogenated alkanes) is 3. The Morgan fingerprint density at radius 2 is 1.96 bits per heavy atom. The summed E-state index contributed by atoms with van der Waals surface area (Å²) in [6.45, 7) is 1.28. The summed E-state index contributed by atoms with van der Waals surface area (Å²) in [6, 6.07) is 9.75. The number of carbonyl (C=O) groups is 2. The first kappa shape index (κ1) is 21.0. The minimum absolute atomic E-state index is 0.0109. The lowest BCUT2D eigenvalue weighted by Gasteiger charge is -2.34. The number of aliphatic carboxylic acids is 1. The van der Waals surface area contributed by atoms with Crippen molar-refractivity contribution in [2.75, 3.05) is 13.1 Å². The van der Waals surface area contributed by atoms with Crippen LogP contribution in [0.4, 0.5) is 4.79 Å². The SMILES string of the molecule is O=C(O)CCCCCCN1C(=O)NCC[C@@H]1C=CC(O)Cc1ccccc1. The number of hydrogen-bond acceptors (Lipinski definition) is 3. The van der Waals surface area contributed by atoms with Gasteiger partial charge in [-0.1, -0.05) is 55.3 Å². The largest absolute Gasteiger partial charge is 0.481 e. The monoisotopic (exact) mass is 374 g/mol. The highest BCUT2D eigenvalue weighted by Crippen LogP contribution is 2.15. The quantitative estimate of drug-likeness (QED) is 0.410. The number of nitrogens with one attached hydrogen (secondary N) is 1. The van der Waals surface area contributed by atoms with E-state index < -0.39 is 12.1 Å². The lowest BCUT2D eigenvalue weighted by atomic mass is 10.0. The molecule has 1 aliphatic heterocycles. The molecule has 0 bridgehead atoms. The second kappa shape index (κ2) is 11.4. The molecule has 1 aromatic rings. The molecule has 1 heterocycles. The van der Waals surface area contributed by atoms with Gasteiger partial charge in [0, 0.05) is 25.9 Å². The van der Waals surface area contributed by atoms with Gasteiger partial charge < -0.3 is 20.4 Å². The fourth-order valence-electron chi connectivity index (χ4n) is 3.29. The van der Waals surface area contributed by atoms with Gasteiger partial charge in [-0.3, -0.25) is 4.79 Å². The lowest BCUT2D eigenvalue weighted by molar-refractivity contribution is -0.137. The van der Waals surface area contributed by atoms with E-state index in [0.717, 1.165) is 31.2 Å². The number of amides is 2. The van der Waals surface area contributed by atoms with Crippen molar-refractivity contribution < 1.29 is 19.8 Å². The van der Waals surface area contributed by atoms with Crippen molar-refractivity contribution in [3.63, 3.8) is 0 Å². The number of benzene rings is 1. The van der Waals surface area contributed by atoms with Crippen LogP contribution < -0.4 is 5.32 Å². The van der Waals surface area contributed by atoms with Crippen molar-refractivity contribution in [1.29, 1.82) is 0 Å². The Labute approximate surface area is 160 Å². The first-order valence-corrected chi connectivity index (χ1v) is 9.73. The zero-order valence-corrected chi connectivity index (χ0v) is 15.7. The van der Waals surface area contributed by atoms with Crippen molar-refractivity contribution in [3.8, 4) is 0 Å². The standard InChI is InChI=1S/C21H30N2O4/c24-19(16-17-8-4-3-5-9-17)12-11-18-13-14-22-21(27)23(18)15-7-2-1-6-10-20(25)26/h3-5,8-9,11-12,18-19,24H,1-2,6-7,10,13-16H2,(H,22,27)(H,25,26)/t18-,19?/m0/s1. The topological polar surface area (TPSA) is 89.9 Å². The van der Waals surface area contributed by atoms with Gasteiger partial charge in [0.2, 0.25) is 0 Å². The van der Waals surface area contributed by atoms with Crippen LogP contribution in [-0.4, -0.2) is 52.3 Å². The fourth-order valence-corrected chi connectivity index (χ4v) is 3.29. The summed E-state index contributed by atoms with van der Waals surface area (Å²) in [7, 11) is 0. The fraction of sp³-hybridized carbons (Fsp3) is 0.524. The number of carboxylic acids is 1. The predicted molar refractivity (Wildman–Crippen MR) is 105 cm³/mol. The van der Waals surface area contributed by atoms with E-state index in [0.29, 0.717) is 25.9 Å². The van der Waals surface area contributed by atoms with Crippen molar-refractivity contribution in [2.45, 2.75) is 57.1 Å². The molecule has 2 amide bonds. The molecule has 0 aliphatic carbocycles. The van der Waals surface area contributed by atoms with Crippen LogP contribution >= 0.6 is 0 Å². The van der Waals surface area contributed by atoms with E-state index in [4.69, 9.17) is 5.11 Å². The first-order valence-electron chi connectivity index (χ1n) is 9.73. The van der Waals surface area contributed by atoms with Gasteiger partial charge in [-0.05, 0) is 24.8 Å². The maximum atomic E-state index is 12.2. The third-order valence-corrected chi connectivity index (χ3v) is 4.76. The van der Waals surface area contributed by atoms with Gasteiger partial charge in [0.05, 0.1) is 12.1 Å². The molecule has 0 aromatic heterocycles. The minimum atomic E-state index is -0.760. The van der Waals surface area contributed by atoms with Crippen LogP contribution in [0.15, 0.2) is 42.5 Å². The van der Waals surface area contributed by atoms with Gasteiger partial charge in [0.25, 0.3) is 0 Å². The van der Waals surface area contributed by atoms with Gasteiger partial charge in [0.1, 0.15) is 0 Å². The maximum absolute atomic E-state index is 12.2. The van der Waals surface area contributed by atoms with Crippen molar-refractivity contribution in [1.82, 2.24) is 10.2 Å². The normalized spacial score (nSPS) is 18.5. The Morgan fingerprint density at radius 1 is 1.22 bits per heavy atom. The molecule has 1 saturated heterocycles. The first-order chi connectivity index (χ1) is 13.1. The Bertz CT molecular complexity index is 618. The molecule has 6 nitrogen and oxygen atoms in total. The van der Waals surface area contributed by atoms with Crippen LogP contribution in [0.25, 0.3) is 0 Å². The average Bonchev–Trinajstić information content (AvgIpc) is 2.65. The van der Waals surface area contributed by atoms with Gasteiger partial charge in [-0.25, -0.2) is 4.79 Å². The number of urea groups is 1. The maximum Gasteiger partial charge on any atom is 0.317 e. The van der Waals surface area contributed by atoms with Gasteiger partial charge in [0.15, 0.2) is 0 Å². The van der Waals surface area contributed by atoms with Crippen LogP contribution in [0.2, 0.25) is 0 Å². The predicted octanol–water partition coefficient (Wildman–Crippen LogP) is 2.97. The highest BCUT2D eigenvalue weighted by atomic mass is 16.4. The zero-order chi connectivity index (χ0) is 19.5. The van der Waals surface area contributed by atoms with E-state index in [1.54, 1.807) is 6.08 Å². The van der Waals surface area contributed by atoms with Crippen LogP contribution in [0, 0.1) is 0 Å². The molecule has 1 unspecified atom stereocenters. The van der Waals surface area contributed by atoms with Gasteiger partial charge in [-0.2, -0.15) is 0 Å². The van der Waals surface area contributed by atoms with Crippen molar-refractivity contribution in [3.05, 3.63) is 48.0 Å². The number of rotatable bonds is 11. The Balaban J connectivity index is 1.79. The van der Waals surface area contributed by atoms with E-state index in [1.165, 1.54) is 0 Å². The Kier molecular flexibility index (Phi) is 8.84. The molecule has 3 N–H and O–H groups in total. The molecule has 1 aliphatic rings. The van der Waals surface area contributed by atoms with Gasteiger partial charge in [-0.15, -0.1) is 0 Å². The van der Waals surface area contributed by atoms with E-state index >= 15 is 0 Å². The highest BCUT2D eigenvalue weighted by molar-refractivity contribution is 5.75. The zero-order valence-electron chi connectivity index (χ0n) is 15.7. The van der Waals surface area contributed by atoms with E-state index in [-0.39, 0.29) is 18.5 Å². The smallest absolute Gasteiger partial charge is 0.317 e. The number of hydrogen-bond donors (Lipinski definition) is 3. The summed E-state index contributed by atoms with van der Waals surface area (Å²) >= 11 is 0. The molecule has 1 fully saturated rings. The molecular formula is C21H30N2O4. The summed E-state index contributed by atoms with van der Waals surface area (Å²) in [5, 5.41) is 21.8. The molecule has 0 radical (unpaired) electrons. The number of carbonyl (C=O) groups excluding carboxylic acids is 1. The minimum Gasteiger partial charge on any atom is -0.481 e. The molecule has 1 aromatic carbocycles. The van der Waals surface area contributed by atoms with E-state index in [2.05, 4.69) is 5.32 Å². The van der Waals surface area contributed by atoms with Crippen molar-refractivity contribution in [2.24, 2.45) is 0 Å². The summed E-state index contributed by atoms with van der Waals surface area (Å²) in [4.78, 5) is 24.5. The van der Waals surface area contributed by atoms with E-state index in [9.17, 15) is 14.7 Å². The van der Waals surface area contributed by atoms with Crippen LogP contribution in [0.1, 0.15) is 44.1 Å². The molecule has 2 atom stereocenters. The number of aliphatic hydroxyl groups excluding tert-OH is 1. The summed E-state index contributed by atoms with van der Waals surface area (Å²) in [6.07, 6.45) is 8.03. The molecule has 0 saturated carbocycles. The van der Waals surface area contributed by atoms with Gasteiger partial charge >= 0.3 is 12.0 Å². The van der Waals surface area contributed by atoms with E-state index in [1.807, 2.05) is 41.3 Å². The Hall–Kier alpha value is -2.34. The molecule has 2 rings (SSSR count). The molecule has 0 spiro atoms. The molecule has 6 heteroatoms. The molecule has 27 heavy (non-hydrogen) atoms. The summed E-state index contributed by atoms with van der Waals surface area (Å²) in [5.41, 5.74) is 1.08. The number of nitrogens with zero attached hydrogens (tertiary/aromatic N) is 1. The lowest BCUT2D eigenvalue weighted by Crippen LogP contribution is -2.52. The molecular weight excluding hydrogens is 344 g/mol. The van der Waals surface area contributed by atoms with Crippen LogP contribution in [0.3, 0.4) is 0 Å². The van der Waals surface area contributed by atoms with Crippen molar-refractivity contribution >= 4 is 12.0 Å². The number of aliphatic hydroxyl groups is 1. The van der Waals surface area contributed by atoms with Crippen LogP contribution in [0.5, 0.6) is 0 Å². The average molecular weight is 374 g/mol. The third kappa shape index (κ3) is 7.83. The number of carboxylic acid groups (broad SMARTS) is 1. The second-order valence-corrected chi connectivity index (χ2v) is 6.98. The summed E-state index contributed by atoms with van der Waals surface area (Å²) in [5.74, 6) is -0.760.